The molecule has 3 rings (SSSR count). The zero-order chi connectivity index (χ0) is 24.6. The number of carbonyl (C=O) groups excluding carboxylic acids is 1. The molecule has 1 heterocycles. The number of para-hydroxylation sites is 1. The van der Waals surface area contributed by atoms with Crippen molar-refractivity contribution < 1.29 is 32.2 Å². The fourth-order valence-electron chi connectivity index (χ4n) is 2.98. The highest BCUT2D eigenvalue weighted by atomic mass is 32.1. The summed E-state index contributed by atoms with van der Waals surface area (Å²) in [7, 11) is 1.50. The van der Waals surface area contributed by atoms with Crippen LogP contribution in [0.3, 0.4) is 0 Å². The van der Waals surface area contributed by atoms with Gasteiger partial charge in [0.25, 0.3) is 5.91 Å². The lowest BCUT2D eigenvalue weighted by molar-refractivity contribution is -0.137. The molecule has 1 amide bonds. The second kappa shape index (κ2) is 11.8. The summed E-state index contributed by atoms with van der Waals surface area (Å²) in [5.41, 5.74) is 0.872. The molecule has 0 spiro atoms. The number of hydrogen-bond donors (Lipinski definition) is 2. The lowest BCUT2D eigenvalue weighted by Crippen LogP contribution is -2.15. The molecule has 0 unspecified atom stereocenters. The van der Waals surface area contributed by atoms with E-state index in [1.165, 1.54) is 36.6 Å². The van der Waals surface area contributed by atoms with E-state index in [1.807, 2.05) is 12.3 Å². The highest BCUT2D eigenvalue weighted by Gasteiger charge is 2.33. The van der Waals surface area contributed by atoms with E-state index in [2.05, 4.69) is 15.6 Å². The minimum Gasteiger partial charge on any atom is -0.491 e. The minimum atomic E-state index is -4.49. The summed E-state index contributed by atoms with van der Waals surface area (Å²) in [5, 5.41) is 7.82. The molecule has 0 bridgehead atoms. The number of nitrogens with one attached hydrogen (secondary N) is 2. The molecule has 1 aromatic heterocycles. The van der Waals surface area contributed by atoms with Crippen molar-refractivity contribution in [1.29, 1.82) is 0 Å². The van der Waals surface area contributed by atoms with Crippen LogP contribution in [0, 0.1) is 6.92 Å². The van der Waals surface area contributed by atoms with Crippen LogP contribution in [0.1, 0.15) is 27.2 Å². The number of alkyl halides is 3. The Morgan fingerprint density at radius 2 is 1.94 bits per heavy atom. The second-order valence-electron chi connectivity index (χ2n) is 7.13. The SMILES string of the molecule is COCOCCOc1cc(C(=O)Nc2nc(C)cs2)ccc1CNc1ccccc1C(F)(F)F. The van der Waals surface area contributed by atoms with Crippen molar-refractivity contribution in [3.05, 3.63) is 70.2 Å². The van der Waals surface area contributed by atoms with Gasteiger partial charge >= 0.3 is 6.18 Å². The van der Waals surface area contributed by atoms with Crippen molar-refractivity contribution in [3.63, 3.8) is 0 Å². The first-order chi connectivity index (χ1) is 16.3. The van der Waals surface area contributed by atoms with Gasteiger partial charge in [-0.15, -0.1) is 11.3 Å². The molecule has 182 valence electrons. The molecule has 0 fully saturated rings. The molecule has 0 aliphatic carbocycles. The van der Waals surface area contributed by atoms with E-state index in [1.54, 1.807) is 18.2 Å². The lowest BCUT2D eigenvalue weighted by Gasteiger charge is -2.17. The third kappa shape index (κ3) is 7.17. The molecule has 0 radical (unpaired) electrons. The number of aromatic nitrogens is 1. The predicted molar refractivity (Wildman–Crippen MR) is 123 cm³/mol. The van der Waals surface area contributed by atoms with Gasteiger partial charge in [0.1, 0.15) is 19.1 Å². The Balaban J connectivity index is 1.77. The average Bonchev–Trinajstić information content (AvgIpc) is 3.21. The van der Waals surface area contributed by atoms with Gasteiger partial charge in [-0.1, -0.05) is 18.2 Å². The standard InChI is InChI=1S/C23H24F3N3O4S/c1-15-13-34-22(28-15)29-21(30)16-7-8-17(20(11-16)33-10-9-32-14-31-2)12-27-19-6-4-3-5-18(19)23(24,25)26/h3-8,11,13,27H,9-10,12,14H2,1-2H3,(H,28,29,30). The monoisotopic (exact) mass is 495 g/mol. The van der Waals surface area contributed by atoms with Crippen molar-refractivity contribution in [2.75, 3.05) is 37.8 Å². The number of hydrogen-bond acceptors (Lipinski definition) is 7. The highest BCUT2D eigenvalue weighted by Crippen LogP contribution is 2.35. The Bertz CT molecular complexity index is 1110. The summed E-state index contributed by atoms with van der Waals surface area (Å²) in [6, 6.07) is 9.99. The molecule has 0 saturated heterocycles. The summed E-state index contributed by atoms with van der Waals surface area (Å²) in [4.78, 5) is 16.9. The maximum absolute atomic E-state index is 13.3. The summed E-state index contributed by atoms with van der Waals surface area (Å²) in [6.45, 7) is 2.36. The molecule has 2 aromatic carbocycles. The zero-order valence-corrected chi connectivity index (χ0v) is 19.4. The van der Waals surface area contributed by atoms with Crippen LogP contribution in [-0.2, 0) is 22.2 Å². The minimum absolute atomic E-state index is 0.0505. The number of methoxy groups -OCH3 is 1. The molecule has 2 N–H and O–H groups in total. The van der Waals surface area contributed by atoms with Gasteiger partial charge < -0.3 is 19.5 Å². The number of aryl methyl sites for hydroxylation is 1. The van der Waals surface area contributed by atoms with E-state index < -0.39 is 11.7 Å². The van der Waals surface area contributed by atoms with E-state index >= 15 is 0 Å². The highest BCUT2D eigenvalue weighted by molar-refractivity contribution is 7.13. The van der Waals surface area contributed by atoms with Crippen LogP contribution in [0.25, 0.3) is 0 Å². The van der Waals surface area contributed by atoms with Gasteiger partial charge in [-0.3, -0.25) is 10.1 Å². The van der Waals surface area contributed by atoms with Gasteiger partial charge in [-0.25, -0.2) is 4.98 Å². The Hall–Kier alpha value is -3.15. The van der Waals surface area contributed by atoms with Crippen molar-refractivity contribution in [2.45, 2.75) is 19.6 Å². The number of anilines is 2. The maximum atomic E-state index is 13.3. The largest absolute Gasteiger partial charge is 0.491 e. The number of ether oxygens (including phenoxy) is 3. The van der Waals surface area contributed by atoms with Gasteiger partial charge in [0, 0.05) is 35.8 Å². The number of carbonyl (C=O) groups is 1. The van der Waals surface area contributed by atoms with E-state index in [9.17, 15) is 18.0 Å². The molecule has 0 atom stereocenters. The van der Waals surface area contributed by atoms with Crippen LogP contribution in [0.15, 0.2) is 47.8 Å². The van der Waals surface area contributed by atoms with Crippen LogP contribution >= 0.6 is 11.3 Å². The summed E-state index contributed by atoms with van der Waals surface area (Å²) >= 11 is 1.31. The van der Waals surface area contributed by atoms with E-state index in [4.69, 9.17) is 14.2 Å². The molecule has 11 heteroatoms. The van der Waals surface area contributed by atoms with Gasteiger partial charge in [0.05, 0.1) is 17.9 Å². The summed E-state index contributed by atoms with van der Waals surface area (Å²) < 4.78 is 55.7. The summed E-state index contributed by atoms with van der Waals surface area (Å²) in [5.74, 6) is -0.0299. The van der Waals surface area contributed by atoms with Crippen LogP contribution in [0.5, 0.6) is 5.75 Å². The fourth-order valence-corrected chi connectivity index (χ4v) is 3.67. The molecule has 0 saturated carbocycles. The van der Waals surface area contributed by atoms with Crippen LogP contribution < -0.4 is 15.4 Å². The van der Waals surface area contributed by atoms with E-state index in [-0.39, 0.29) is 38.1 Å². The van der Waals surface area contributed by atoms with Gasteiger partial charge in [-0.2, -0.15) is 13.2 Å². The number of benzene rings is 2. The van der Waals surface area contributed by atoms with Crippen molar-refractivity contribution in [3.8, 4) is 5.75 Å². The third-order valence-electron chi connectivity index (χ3n) is 4.56. The van der Waals surface area contributed by atoms with Crippen molar-refractivity contribution >= 4 is 28.1 Å². The van der Waals surface area contributed by atoms with Gasteiger partial charge in [0.2, 0.25) is 0 Å². The smallest absolute Gasteiger partial charge is 0.418 e. The number of halogens is 3. The van der Waals surface area contributed by atoms with E-state index in [0.29, 0.717) is 22.0 Å². The quantitative estimate of drug-likeness (QED) is 0.276. The average molecular weight is 496 g/mol. The fraction of sp³-hybridized carbons (Fsp3) is 0.304. The second-order valence-corrected chi connectivity index (χ2v) is 7.99. The van der Waals surface area contributed by atoms with E-state index in [0.717, 1.165) is 11.8 Å². The first-order valence-corrected chi connectivity index (χ1v) is 11.1. The first kappa shape index (κ1) is 25.5. The molecule has 34 heavy (non-hydrogen) atoms. The number of thiazole rings is 1. The Kier molecular flexibility index (Phi) is 8.85. The topological polar surface area (TPSA) is 81.7 Å². The number of rotatable bonds is 11. The Morgan fingerprint density at radius 1 is 1.15 bits per heavy atom. The molecule has 0 aliphatic heterocycles. The normalized spacial score (nSPS) is 11.3. The molecule has 3 aromatic rings. The number of nitrogens with zero attached hydrogens (tertiary/aromatic N) is 1. The zero-order valence-electron chi connectivity index (χ0n) is 18.6. The first-order valence-electron chi connectivity index (χ1n) is 10.2. The molecular formula is C23H24F3N3O4S. The van der Waals surface area contributed by atoms with Crippen LogP contribution in [0.4, 0.5) is 24.0 Å². The Labute approximate surface area is 198 Å². The maximum Gasteiger partial charge on any atom is 0.418 e. The molecule has 0 aliphatic rings. The summed E-state index contributed by atoms with van der Waals surface area (Å²) in [6.07, 6.45) is -4.49. The van der Waals surface area contributed by atoms with Gasteiger partial charge in [-0.05, 0) is 31.2 Å². The lowest BCUT2D eigenvalue weighted by atomic mass is 10.1. The molecule has 7 nitrogen and oxygen atoms in total. The van der Waals surface area contributed by atoms with Gasteiger partial charge in [0.15, 0.2) is 5.13 Å². The Morgan fingerprint density at radius 3 is 2.65 bits per heavy atom. The number of amides is 1. The molecular weight excluding hydrogens is 471 g/mol. The predicted octanol–water partition coefficient (Wildman–Crippen LogP) is 5.33. The van der Waals surface area contributed by atoms with Crippen molar-refractivity contribution in [2.24, 2.45) is 0 Å². The van der Waals surface area contributed by atoms with Crippen LogP contribution in [-0.4, -0.2) is 38.0 Å². The van der Waals surface area contributed by atoms with Crippen molar-refractivity contribution in [1.82, 2.24) is 4.98 Å². The third-order valence-corrected chi connectivity index (χ3v) is 5.43. The van der Waals surface area contributed by atoms with Crippen LogP contribution in [0.2, 0.25) is 0 Å².